The Morgan fingerprint density at radius 2 is 1.16 bits per heavy atom. The quantitative estimate of drug-likeness (QED) is 0.141. The highest BCUT2D eigenvalue weighted by molar-refractivity contribution is 6.29. The highest BCUT2D eigenvalue weighted by atomic mass is 16.6. The molecule has 144 valence electrons. The molecular formula is C16H26O9. The molecule has 0 aliphatic carbocycles. The van der Waals surface area contributed by atoms with Crippen LogP contribution in [0.15, 0.2) is 12.2 Å². The van der Waals surface area contributed by atoms with Gasteiger partial charge in [0.1, 0.15) is 19.8 Å². The Kier molecular flexibility index (Phi) is 14.3. The summed E-state index contributed by atoms with van der Waals surface area (Å²) in [6.45, 7) is 6.44. The second-order valence-electron chi connectivity index (χ2n) is 4.84. The van der Waals surface area contributed by atoms with Crippen molar-refractivity contribution in [1.29, 1.82) is 0 Å². The fourth-order valence-corrected chi connectivity index (χ4v) is 1.36. The van der Waals surface area contributed by atoms with Gasteiger partial charge in [0.2, 0.25) is 0 Å². The van der Waals surface area contributed by atoms with Crippen molar-refractivity contribution in [2.75, 3.05) is 60.0 Å². The maximum Gasteiger partial charge on any atom is 0.417 e. The summed E-state index contributed by atoms with van der Waals surface area (Å²) < 4.78 is 29.1. The summed E-state index contributed by atoms with van der Waals surface area (Å²) in [5, 5.41) is 0. The summed E-state index contributed by atoms with van der Waals surface area (Å²) in [4.78, 5) is 33.8. The number of methoxy groups -OCH3 is 1. The van der Waals surface area contributed by atoms with Gasteiger partial charge in [0.25, 0.3) is 0 Å². The summed E-state index contributed by atoms with van der Waals surface area (Å²) in [5.74, 6) is -2.58. The highest BCUT2D eigenvalue weighted by Gasteiger charge is 2.16. The van der Waals surface area contributed by atoms with Crippen LogP contribution < -0.4 is 0 Å². The van der Waals surface area contributed by atoms with E-state index in [1.165, 1.54) is 0 Å². The average molecular weight is 362 g/mol. The third-order valence-corrected chi connectivity index (χ3v) is 2.46. The fraction of sp³-hybridized carbons (Fsp3) is 0.688. The van der Waals surface area contributed by atoms with Crippen molar-refractivity contribution < 1.29 is 42.8 Å². The van der Waals surface area contributed by atoms with E-state index >= 15 is 0 Å². The lowest BCUT2D eigenvalue weighted by molar-refractivity contribution is -0.169. The van der Waals surface area contributed by atoms with Crippen molar-refractivity contribution in [2.24, 2.45) is 0 Å². The first kappa shape index (κ1) is 23.0. The molecule has 0 rings (SSSR count). The van der Waals surface area contributed by atoms with Gasteiger partial charge in [0.15, 0.2) is 0 Å². The Morgan fingerprint density at radius 3 is 1.60 bits per heavy atom. The molecule has 0 saturated carbocycles. The second-order valence-corrected chi connectivity index (χ2v) is 4.84. The first-order valence-electron chi connectivity index (χ1n) is 7.75. The van der Waals surface area contributed by atoms with Crippen LogP contribution in [0, 0.1) is 0 Å². The van der Waals surface area contributed by atoms with Gasteiger partial charge >= 0.3 is 17.9 Å². The second kappa shape index (κ2) is 15.6. The molecule has 0 amide bonds. The zero-order valence-corrected chi connectivity index (χ0v) is 14.7. The molecule has 0 unspecified atom stereocenters. The normalized spacial score (nSPS) is 10.2. The van der Waals surface area contributed by atoms with Crippen molar-refractivity contribution >= 4 is 17.9 Å². The number of rotatable bonds is 14. The Morgan fingerprint density at radius 1 is 0.720 bits per heavy atom. The molecule has 25 heavy (non-hydrogen) atoms. The Labute approximate surface area is 147 Å². The monoisotopic (exact) mass is 362 g/mol. The van der Waals surface area contributed by atoms with Gasteiger partial charge in [-0.15, -0.1) is 0 Å². The van der Waals surface area contributed by atoms with Crippen molar-refractivity contribution in [3.05, 3.63) is 12.2 Å². The Balaban J connectivity index is 3.49. The van der Waals surface area contributed by atoms with E-state index in [0.717, 1.165) is 0 Å². The van der Waals surface area contributed by atoms with E-state index in [9.17, 15) is 14.4 Å². The maximum absolute atomic E-state index is 11.3. The van der Waals surface area contributed by atoms with Gasteiger partial charge < -0.3 is 28.4 Å². The molecule has 0 saturated heterocycles. The van der Waals surface area contributed by atoms with Gasteiger partial charge in [-0.25, -0.2) is 9.59 Å². The van der Waals surface area contributed by atoms with Crippen LogP contribution in [0.25, 0.3) is 0 Å². The third kappa shape index (κ3) is 15.3. The number of carbonyl (C=O) groups excluding carboxylic acids is 3. The number of ether oxygens (including phenoxy) is 6. The molecular weight excluding hydrogens is 336 g/mol. The summed E-state index contributed by atoms with van der Waals surface area (Å²) in [6.07, 6.45) is 0.164. The van der Waals surface area contributed by atoms with Crippen molar-refractivity contribution in [2.45, 2.75) is 13.3 Å². The number of carbonyl (C=O) groups is 3. The van der Waals surface area contributed by atoms with Gasteiger partial charge in [-0.05, 0) is 6.92 Å². The summed E-state index contributed by atoms with van der Waals surface area (Å²) >= 11 is 0. The van der Waals surface area contributed by atoms with Gasteiger partial charge in [-0.2, -0.15) is 0 Å². The minimum absolute atomic E-state index is 0.0519. The minimum atomic E-state index is -1.10. The molecule has 9 nitrogen and oxygen atoms in total. The number of hydrogen-bond donors (Lipinski definition) is 0. The SMILES string of the molecule is C=C(C)CC(=O)OCCOCCOC(=O)C(=O)OCCOCCOC. The molecule has 0 atom stereocenters. The predicted molar refractivity (Wildman–Crippen MR) is 85.8 cm³/mol. The van der Waals surface area contributed by atoms with Gasteiger partial charge in [0.05, 0.1) is 39.5 Å². The molecule has 9 heteroatoms. The zero-order chi connectivity index (χ0) is 18.9. The first-order valence-corrected chi connectivity index (χ1v) is 7.75. The first-order chi connectivity index (χ1) is 12.0. The smallest absolute Gasteiger partial charge is 0.417 e. The van der Waals surface area contributed by atoms with E-state index in [4.69, 9.17) is 18.9 Å². The van der Waals surface area contributed by atoms with Gasteiger partial charge in [-0.3, -0.25) is 4.79 Å². The van der Waals surface area contributed by atoms with Crippen LogP contribution in [-0.2, 0) is 42.8 Å². The average Bonchev–Trinajstić information content (AvgIpc) is 2.56. The largest absolute Gasteiger partial charge is 0.463 e. The van der Waals surface area contributed by atoms with Crippen LogP contribution >= 0.6 is 0 Å². The van der Waals surface area contributed by atoms with E-state index in [-0.39, 0.29) is 52.0 Å². The van der Waals surface area contributed by atoms with Crippen LogP contribution in [0.3, 0.4) is 0 Å². The zero-order valence-electron chi connectivity index (χ0n) is 14.7. The minimum Gasteiger partial charge on any atom is -0.463 e. The van der Waals surface area contributed by atoms with E-state index in [1.807, 2.05) is 0 Å². The van der Waals surface area contributed by atoms with Gasteiger partial charge in [-0.1, -0.05) is 12.2 Å². The molecule has 0 aliphatic heterocycles. The van der Waals surface area contributed by atoms with Crippen molar-refractivity contribution in [3.63, 3.8) is 0 Å². The lowest BCUT2D eigenvalue weighted by Crippen LogP contribution is -2.24. The van der Waals surface area contributed by atoms with E-state index < -0.39 is 11.9 Å². The predicted octanol–water partition coefficient (Wildman–Crippen LogP) is 0.262. The van der Waals surface area contributed by atoms with Crippen molar-refractivity contribution in [3.8, 4) is 0 Å². The van der Waals surface area contributed by atoms with Crippen LogP contribution in [0.5, 0.6) is 0 Å². The number of esters is 3. The third-order valence-electron chi connectivity index (χ3n) is 2.46. The molecule has 0 aromatic carbocycles. The molecule has 0 radical (unpaired) electrons. The lowest BCUT2D eigenvalue weighted by atomic mass is 10.2. The topological polar surface area (TPSA) is 107 Å². The fourth-order valence-electron chi connectivity index (χ4n) is 1.36. The molecule has 0 spiro atoms. The Bertz CT molecular complexity index is 420. The summed E-state index contributed by atoms with van der Waals surface area (Å²) in [5.41, 5.74) is 0.714. The number of hydrogen-bond acceptors (Lipinski definition) is 9. The van der Waals surface area contributed by atoms with E-state index in [2.05, 4.69) is 16.1 Å². The molecule has 0 aromatic rings. The Hall–Kier alpha value is -1.97. The standard InChI is InChI=1S/C16H26O9/c1-13(2)12-14(17)23-9-6-22-8-11-25-16(19)15(18)24-10-7-21-5-4-20-3/h1,4-12H2,2-3H3. The molecule has 0 aliphatic rings. The van der Waals surface area contributed by atoms with E-state index in [0.29, 0.717) is 18.8 Å². The maximum atomic E-state index is 11.3. The van der Waals surface area contributed by atoms with Gasteiger partial charge in [0, 0.05) is 7.11 Å². The molecule has 0 fully saturated rings. The lowest BCUT2D eigenvalue weighted by Gasteiger charge is -2.07. The van der Waals surface area contributed by atoms with Crippen LogP contribution in [0.1, 0.15) is 13.3 Å². The van der Waals surface area contributed by atoms with E-state index in [1.54, 1.807) is 14.0 Å². The van der Waals surface area contributed by atoms with Crippen LogP contribution in [-0.4, -0.2) is 77.9 Å². The van der Waals surface area contributed by atoms with Crippen LogP contribution in [0.4, 0.5) is 0 Å². The summed E-state index contributed by atoms with van der Waals surface area (Å²) in [6, 6.07) is 0. The molecule has 0 aromatic heterocycles. The summed E-state index contributed by atoms with van der Waals surface area (Å²) in [7, 11) is 1.54. The molecule has 0 heterocycles. The molecule has 0 bridgehead atoms. The molecule has 0 N–H and O–H groups in total. The van der Waals surface area contributed by atoms with Crippen LogP contribution in [0.2, 0.25) is 0 Å². The van der Waals surface area contributed by atoms with Crippen molar-refractivity contribution in [1.82, 2.24) is 0 Å². The highest BCUT2D eigenvalue weighted by Crippen LogP contribution is 1.97.